The highest BCUT2D eigenvalue weighted by atomic mass is 16.5. The molecule has 0 fully saturated rings. The Morgan fingerprint density at radius 1 is 1.00 bits per heavy atom. The van der Waals surface area contributed by atoms with Crippen molar-refractivity contribution in [3.05, 3.63) is 65.7 Å². The SMILES string of the molecule is c1ccc(OCCOCc2cccc(C3=NCCCN3)c2)cc1. The number of aliphatic imine (C=N–C) groups is 1. The first kappa shape index (κ1) is 15.6. The molecule has 0 saturated heterocycles. The third kappa shape index (κ3) is 4.83. The molecule has 0 unspecified atom stereocenters. The zero-order valence-electron chi connectivity index (χ0n) is 13.2. The molecule has 120 valence electrons. The van der Waals surface area contributed by atoms with Crippen LogP contribution in [0, 0.1) is 0 Å². The minimum atomic E-state index is 0.554. The van der Waals surface area contributed by atoms with Crippen molar-refractivity contribution in [2.24, 2.45) is 4.99 Å². The topological polar surface area (TPSA) is 42.9 Å². The molecule has 4 nitrogen and oxygen atoms in total. The van der Waals surface area contributed by atoms with Crippen molar-refractivity contribution in [3.8, 4) is 5.75 Å². The van der Waals surface area contributed by atoms with Crippen LogP contribution < -0.4 is 10.1 Å². The molecule has 0 atom stereocenters. The molecule has 0 spiro atoms. The zero-order valence-corrected chi connectivity index (χ0v) is 13.2. The van der Waals surface area contributed by atoms with Gasteiger partial charge in [-0.3, -0.25) is 4.99 Å². The zero-order chi connectivity index (χ0) is 15.7. The fraction of sp³-hybridized carbons (Fsp3) is 0.316. The number of hydrogen-bond donors (Lipinski definition) is 1. The summed E-state index contributed by atoms with van der Waals surface area (Å²) >= 11 is 0. The molecule has 0 amide bonds. The summed E-state index contributed by atoms with van der Waals surface area (Å²) < 4.78 is 11.3. The summed E-state index contributed by atoms with van der Waals surface area (Å²) in [6, 6.07) is 18.1. The molecule has 0 aromatic heterocycles. The average molecular weight is 310 g/mol. The monoisotopic (exact) mass is 310 g/mol. The standard InChI is InChI=1S/C19H22N2O2/c1-2-8-18(9-3-1)23-13-12-22-15-16-6-4-7-17(14-16)19-20-10-5-11-21-19/h1-4,6-9,14H,5,10-13,15H2,(H,20,21). The summed E-state index contributed by atoms with van der Waals surface area (Å²) in [5.74, 6) is 1.87. The Hall–Kier alpha value is -2.33. The second-order valence-electron chi connectivity index (χ2n) is 5.43. The summed E-state index contributed by atoms with van der Waals surface area (Å²) in [6.07, 6.45) is 1.10. The Labute approximate surface area is 137 Å². The number of rotatable bonds is 7. The van der Waals surface area contributed by atoms with Gasteiger partial charge >= 0.3 is 0 Å². The number of amidine groups is 1. The van der Waals surface area contributed by atoms with Crippen molar-refractivity contribution >= 4 is 5.84 Å². The lowest BCUT2D eigenvalue weighted by molar-refractivity contribution is 0.0889. The van der Waals surface area contributed by atoms with E-state index in [9.17, 15) is 0 Å². The second kappa shape index (κ2) is 8.34. The maximum absolute atomic E-state index is 5.70. The Morgan fingerprint density at radius 2 is 1.91 bits per heavy atom. The van der Waals surface area contributed by atoms with Gasteiger partial charge < -0.3 is 14.8 Å². The minimum Gasteiger partial charge on any atom is -0.491 e. The van der Waals surface area contributed by atoms with Gasteiger partial charge in [0.15, 0.2) is 0 Å². The van der Waals surface area contributed by atoms with Crippen molar-refractivity contribution in [3.63, 3.8) is 0 Å². The number of ether oxygens (including phenoxy) is 2. The quantitative estimate of drug-likeness (QED) is 0.799. The molecule has 3 rings (SSSR count). The fourth-order valence-corrected chi connectivity index (χ4v) is 2.46. The number of para-hydroxylation sites is 1. The maximum atomic E-state index is 5.70. The number of benzene rings is 2. The highest BCUT2D eigenvalue weighted by Gasteiger charge is 2.07. The van der Waals surface area contributed by atoms with E-state index in [1.165, 1.54) is 0 Å². The van der Waals surface area contributed by atoms with Crippen LogP contribution in [-0.4, -0.2) is 32.1 Å². The molecular formula is C19H22N2O2. The predicted molar refractivity (Wildman–Crippen MR) is 92.1 cm³/mol. The van der Waals surface area contributed by atoms with Crippen LogP contribution in [0.1, 0.15) is 17.5 Å². The van der Waals surface area contributed by atoms with Crippen molar-refractivity contribution in [2.75, 3.05) is 26.3 Å². The fourth-order valence-electron chi connectivity index (χ4n) is 2.46. The summed E-state index contributed by atoms with van der Waals surface area (Å²) in [5.41, 5.74) is 2.28. The molecule has 1 heterocycles. The summed E-state index contributed by atoms with van der Waals surface area (Å²) in [6.45, 7) is 3.60. The lowest BCUT2D eigenvalue weighted by atomic mass is 10.1. The summed E-state index contributed by atoms with van der Waals surface area (Å²) in [4.78, 5) is 4.53. The largest absolute Gasteiger partial charge is 0.491 e. The first-order chi connectivity index (χ1) is 11.4. The smallest absolute Gasteiger partial charge is 0.128 e. The molecule has 4 heteroatoms. The van der Waals surface area contributed by atoms with Crippen LogP contribution in [0.15, 0.2) is 59.6 Å². The van der Waals surface area contributed by atoms with Gasteiger partial charge in [0.05, 0.1) is 13.2 Å². The maximum Gasteiger partial charge on any atom is 0.128 e. The molecule has 1 aliphatic heterocycles. The molecule has 0 radical (unpaired) electrons. The van der Waals surface area contributed by atoms with Crippen LogP contribution in [0.4, 0.5) is 0 Å². The van der Waals surface area contributed by atoms with Gasteiger partial charge in [-0.1, -0.05) is 36.4 Å². The minimum absolute atomic E-state index is 0.554. The van der Waals surface area contributed by atoms with Crippen molar-refractivity contribution in [2.45, 2.75) is 13.0 Å². The van der Waals surface area contributed by atoms with Crippen LogP contribution in [0.5, 0.6) is 5.75 Å². The molecule has 1 aliphatic rings. The van der Waals surface area contributed by atoms with E-state index in [1.54, 1.807) is 0 Å². The van der Waals surface area contributed by atoms with E-state index in [-0.39, 0.29) is 0 Å². The van der Waals surface area contributed by atoms with Crippen molar-refractivity contribution in [1.29, 1.82) is 0 Å². The van der Waals surface area contributed by atoms with E-state index in [0.717, 1.165) is 42.2 Å². The molecule has 0 aliphatic carbocycles. The predicted octanol–water partition coefficient (Wildman–Crippen LogP) is 3.02. The Balaban J connectivity index is 1.44. The Morgan fingerprint density at radius 3 is 2.74 bits per heavy atom. The van der Waals surface area contributed by atoms with Gasteiger partial charge in [-0.25, -0.2) is 0 Å². The third-order valence-electron chi connectivity index (χ3n) is 3.61. The number of nitrogens with zero attached hydrogens (tertiary/aromatic N) is 1. The average Bonchev–Trinajstić information content (AvgIpc) is 2.63. The van der Waals surface area contributed by atoms with E-state index in [2.05, 4.69) is 28.5 Å². The highest BCUT2D eigenvalue weighted by Crippen LogP contribution is 2.10. The van der Waals surface area contributed by atoms with E-state index in [1.807, 2.05) is 36.4 Å². The van der Waals surface area contributed by atoms with E-state index >= 15 is 0 Å². The van der Waals surface area contributed by atoms with Crippen molar-refractivity contribution < 1.29 is 9.47 Å². The highest BCUT2D eigenvalue weighted by molar-refractivity contribution is 5.99. The summed E-state index contributed by atoms with van der Waals surface area (Å²) in [7, 11) is 0. The van der Waals surface area contributed by atoms with Gasteiger partial charge in [-0.2, -0.15) is 0 Å². The van der Waals surface area contributed by atoms with Gasteiger partial charge in [0.1, 0.15) is 18.2 Å². The van der Waals surface area contributed by atoms with Gasteiger partial charge in [0, 0.05) is 18.7 Å². The van der Waals surface area contributed by atoms with E-state index < -0.39 is 0 Å². The number of nitrogens with one attached hydrogen (secondary N) is 1. The van der Waals surface area contributed by atoms with Crippen LogP contribution in [0.3, 0.4) is 0 Å². The molecule has 0 saturated carbocycles. The first-order valence-corrected chi connectivity index (χ1v) is 8.05. The van der Waals surface area contributed by atoms with Crippen LogP contribution >= 0.6 is 0 Å². The molecular weight excluding hydrogens is 288 g/mol. The number of hydrogen-bond acceptors (Lipinski definition) is 4. The van der Waals surface area contributed by atoms with Gasteiger partial charge in [0.2, 0.25) is 0 Å². The molecule has 1 N–H and O–H groups in total. The lowest BCUT2D eigenvalue weighted by Crippen LogP contribution is -2.30. The summed E-state index contributed by atoms with van der Waals surface area (Å²) in [5, 5.41) is 3.35. The lowest BCUT2D eigenvalue weighted by Gasteiger charge is -2.15. The third-order valence-corrected chi connectivity index (χ3v) is 3.61. The van der Waals surface area contributed by atoms with Gasteiger partial charge in [-0.15, -0.1) is 0 Å². The molecule has 23 heavy (non-hydrogen) atoms. The molecule has 2 aromatic rings. The molecule has 2 aromatic carbocycles. The van der Waals surface area contributed by atoms with Crippen LogP contribution in [0.25, 0.3) is 0 Å². The van der Waals surface area contributed by atoms with Gasteiger partial charge in [-0.05, 0) is 30.2 Å². The van der Waals surface area contributed by atoms with E-state index in [0.29, 0.717) is 19.8 Å². The Kier molecular flexibility index (Phi) is 5.64. The van der Waals surface area contributed by atoms with Crippen molar-refractivity contribution in [1.82, 2.24) is 5.32 Å². The first-order valence-electron chi connectivity index (χ1n) is 8.05. The van der Waals surface area contributed by atoms with E-state index in [4.69, 9.17) is 9.47 Å². The van der Waals surface area contributed by atoms with Crippen LogP contribution in [-0.2, 0) is 11.3 Å². The normalized spacial score (nSPS) is 14.0. The van der Waals surface area contributed by atoms with Crippen LogP contribution in [0.2, 0.25) is 0 Å². The van der Waals surface area contributed by atoms with Gasteiger partial charge in [0.25, 0.3) is 0 Å². The Bertz CT molecular complexity index is 641. The second-order valence-corrected chi connectivity index (χ2v) is 5.43. The molecule has 0 bridgehead atoms.